The lowest BCUT2D eigenvalue weighted by molar-refractivity contribution is -0.138. The largest absolute Gasteiger partial charge is 0.480 e. The second-order valence-corrected chi connectivity index (χ2v) is 2.63. The van der Waals surface area contributed by atoms with Gasteiger partial charge < -0.3 is 16.3 Å². The molecule has 0 saturated heterocycles. The predicted molar refractivity (Wildman–Crippen MR) is 49.4 cm³/mol. The Morgan fingerprint density at radius 3 is 2.38 bits per heavy atom. The molecule has 0 spiro atoms. The first-order valence-corrected chi connectivity index (χ1v) is 3.72. The second kappa shape index (κ2) is 5.29. The summed E-state index contributed by atoms with van der Waals surface area (Å²) in [4.78, 5) is 10.4. The summed E-state index contributed by atoms with van der Waals surface area (Å²) in [6.45, 7) is 0. The molecular weight excluding hydrogens is 170 g/mol. The maximum Gasteiger partial charge on any atom is 0.320 e. The van der Waals surface area contributed by atoms with E-state index in [9.17, 15) is 4.79 Å². The smallest absolute Gasteiger partial charge is 0.320 e. The number of benzene rings is 1. The minimum atomic E-state index is -0.959. The van der Waals surface area contributed by atoms with Gasteiger partial charge in [-0.15, -0.1) is 0 Å². The summed E-state index contributed by atoms with van der Waals surface area (Å²) in [5.41, 5.74) is 6.30. The number of carbonyl (C=O) groups is 1. The fourth-order valence-corrected chi connectivity index (χ4v) is 0.955. The van der Waals surface area contributed by atoms with E-state index in [2.05, 4.69) is 0 Å². The third kappa shape index (κ3) is 3.68. The Bertz CT molecular complexity index is 261. The summed E-state index contributed by atoms with van der Waals surface area (Å²) in [6, 6.07) is 8.54. The first kappa shape index (κ1) is 11.6. The molecule has 4 nitrogen and oxygen atoms in total. The molecule has 1 rings (SSSR count). The highest BCUT2D eigenvalue weighted by atomic mass is 16.4. The van der Waals surface area contributed by atoms with Gasteiger partial charge in [-0.2, -0.15) is 0 Å². The molecule has 0 bridgehead atoms. The average molecular weight is 183 g/mol. The first-order chi connectivity index (χ1) is 5.70. The third-order valence-corrected chi connectivity index (χ3v) is 1.62. The van der Waals surface area contributed by atoms with Crippen LogP contribution in [-0.4, -0.2) is 22.6 Å². The van der Waals surface area contributed by atoms with E-state index in [1.165, 1.54) is 0 Å². The van der Waals surface area contributed by atoms with Crippen molar-refractivity contribution in [2.24, 2.45) is 5.73 Å². The summed E-state index contributed by atoms with van der Waals surface area (Å²) in [6.07, 6.45) is 0.385. The number of carboxylic acid groups (broad SMARTS) is 1. The molecule has 4 heteroatoms. The Kier molecular flexibility index (Phi) is 4.72. The molecule has 0 aromatic heterocycles. The number of hydrogen-bond acceptors (Lipinski definition) is 2. The molecule has 1 aromatic carbocycles. The van der Waals surface area contributed by atoms with Crippen LogP contribution < -0.4 is 5.73 Å². The van der Waals surface area contributed by atoms with E-state index >= 15 is 0 Å². The number of hydrogen-bond donors (Lipinski definition) is 2. The third-order valence-electron chi connectivity index (χ3n) is 1.62. The number of carboxylic acids is 1. The fourth-order valence-electron chi connectivity index (χ4n) is 0.955. The van der Waals surface area contributed by atoms with Crippen LogP contribution in [0.15, 0.2) is 30.3 Å². The van der Waals surface area contributed by atoms with Gasteiger partial charge in [0.2, 0.25) is 0 Å². The number of aliphatic carboxylic acids is 1. The maximum atomic E-state index is 10.4. The van der Waals surface area contributed by atoms with E-state index in [1.54, 1.807) is 0 Å². The molecule has 0 radical (unpaired) electrons. The molecule has 1 atom stereocenters. The molecule has 0 aliphatic heterocycles. The Labute approximate surface area is 76.3 Å². The molecule has 72 valence electrons. The average Bonchev–Trinajstić information content (AvgIpc) is 2.06. The molecule has 0 aliphatic rings. The van der Waals surface area contributed by atoms with Crippen LogP contribution in [0.3, 0.4) is 0 Å². The van der Waals surface area contributed by atoms with E-state index < -0.39 is 12.0 Å². The van der Waals surface area contributed by atoms with E-state index in [1.807, 2.05) is 30.3 Å². The predicted octanol–water partition coefficient (Wildman–Crippen LogP) is -0.184. The second-order valence-electron chi connectivity index (χ2n) is 2.63. The van der Waals surface area contributed by atoms with E-state index in [-0.39, 0.29) is 5.48 Å². The summed E-state index contributed by atoms with van der Waals surface area (Å²) in [5, 5.41) is 8.52. The Hall–Kier alpha value is -1.39. The molecule has 13 heavy (non-hydrogen) atoms. The normalized spacial score (nSPS) is 11.5. The zero-order chi connectivity index (χ0) is 8.97. The van der Waals surface area contributed by atoms with Gasteiger partial charge in [0, 0.05) is 0 Å². The lowest BCUT2D eigenvalue weighted by Crippen LogP contribution is -2.32. The minimum Gasteiger partial charge on any atom is -0.480 e. The fraction of sp³-hybridized carbons (Fsp3) is 0.222. The van der Waals surface area contributed by atoms with Crippen molar-refractivity contribution in [3.05, 3.63) is 35.9 Å². The van der Waals surface area contributed by atoms with Crippen LogP contribution in [0.1, 0.15) is 5.56 Å². The van der Waals surface area contributed by atoms with Crippen LogP contribution >= 0.6 is 0 Å². The lowest BCUT2D eigenvalue weighted by atomic mass is 10.1. The van der Waals surface area contributed by atoms with Crippen molar-refractivity contribution in [2.75, 3.05) is 0 Å². The highest BCUT2D eigenvalue weighted by molar-refractivity contribution is 5.73. The van der Waals surface area contributed by atoms with Crippen molar-refractivity contribution in [2.45, 2.75) is 12.5 Å². The highest BCUT2D eigenvalue weighted by Gasteiger charge is 2.10. The van der Waals surface area contributed by atoms with Crippen molar-refractivity contribution >= 4 is 5.97 Å². The summed E-state index contributed by atoms with van der Waals surface area (Å²) in [7, 11) is 0. The van der Waals surface area contributed by atoms with Crippen LogP contribution in [-0.2, 0) is 11.2 Å². The number of nitrogens with two attached hydrogens (primary N) is 1. The van der Waals surface area contributed by atoms with Gasteiger partial charge in [0.25, 0.3) is 0 Å². The topological polar surface area (TPSA) is 94.8 Å². The molecule has 0 unspecified atom stereocenters. The Morgan fingerprint density at radius 2 is 1.92 bits per heavy atom. The van der Waals surface area contributed by atoms with Crippen molar-refractivity contribution < 1.29 is 15.4 Å². The summed E-state index contributed by atoms with van der Waals surface area (Å²) < 4.78 is 0. The van der Waals surface area contributed by atoms with Crippen LogP contribution in [0.4, 0.5) is 0 Å². The molecule has 0 heterocycles. The van der Waals surface area contributed by atoms with E-state index in [0.717, 1.165) is 5.56 Å². The van der Waals surface area contributed by atoms with Gasteiger partial charge in [-0.25, -0.2) is 0 Å². The molecule has 0 fully saturated rings. The Morgan fingerprint density at radius 1 is 1.38 bits per heavy atom. The van der Waals surface area contributed by atoms with Crippen molar-refractivity contribution in [3.8, 4) is 0 Å². The van der Waals surface area contributed by atoms with Crippen LogP contribution in [0.5, 0.6) is 0 Å². The van der Waals surface area contributed by atoms with Crippen molar-refractivity contribution in [3.63, 3.8) is 0 Å². The number of rotatable bonds is 3. The highest BCUT2D eigenvalue weighted by Crippen LogP contribution is 2.01. The molecular formula is C9H13NO3. The molecule has 0 aliphatic carbocycles. The van der Waals surface area contributed by atoms with E-state index in [4.69, 9.17) is 10.8 Å². The monoisotopic (exact) mass is 183 g/mol. The van der Waals surface area contributed by atoms with Gasteiger partial charge in [-0.05, 0) is 12.0 Å². The lowest BCUT2D eigenvalue weighted by Gasteiger charge is -2.04. The van der Waals surface area contributed by atoms with Gasteiger partial charge in [0.15, 0.2) is 0 Å². The standard InChI is InChI=1S/C9H11NO2.H2O/c10-8(9(11)12)6-7-4-2-1-3-5-7;/h1-5,8H,6,10H2,(H,11,12);1H2/t8-;/m1./s1. The van der Waals surface area contributed by atoms with Gasteiger partial charge in [-0.3, -0.25) is 4.79 Å². The molecule has 0 saturated carbocycles. The summed E-state index contributed by atoms with van der Waals surface area (Å²) >= 11 is 0. The SMILES string of the molecule is N[C@H](Cc1ccccc1)C(=O)O.O. The van der Waals surface area contributed by atoms with Crippen molar-refractivity contribution in [1.82, 2.24) is 0 Å². The molecule has 5 N–H and O–H groups in total. The minimum absolute atomic E-state index is 0. The van der Waals surface area contributed by atoms with Crippen LogP contribution in [0, 0.1) is 0 Å². The zero-order valence-corrected chi connectivity index (χ0v) is 7.10. The molecule has 1 aromatic rings. The van der Waals surface area contributed by atoms with Gasteiger partial charge in [0.1, 0.15) is 6.04 Å². The van der Waals surface area contributed by atoms with Crippen molar-refractivity contribution in [1.29, 1.82) is 0 Å². The Balaban J connectivity index is 0.00000144. The van der Waals surface area contributed by atoms with Crippen LogP contribution in [0.2, 0.25) is 0 Å². The molecule has 0 amide bonds. The zero-order valence-electron chi connectivity index (χ0n) is 7.10. The maximum absolute atomic E-state index is 10.4. The summed E-state index contributed by atoms with van der Waals surface area (Å²) in [5.74, 6) is -0.959. The first-order valence-electron chi connectivity index (χ1n) is 3.72. The quantitative estimate of drug-likeness (QED) is 0.680. The van der Waals surface area contributed by atoms with Gasteiger partial charge in [-0.1, -0.05) is 30.3 Å². The van der Waals surface area contributed by atoms with E-state index in [0.29, 0.717) is 6.42 Å². The van der Waals surface area contributed by atoms with Gasteiger partial charge >= 0.3 is 5.97 Å². The van der Waals surface area contributed by atoms with Crippen LogP contribution in [0.25, 0.3) is 0 Å². The van der Waals surface area contributed by atoms with Gasteiger partial charge in [0.05, 0.1) is 0 Å².